The van der Waals surface area contributed by atoms with Gasteiger partial charge >= 0.3 is 0 Å². The number of benzene rings is 1. The molecule has 0 aliphatic carbocycles. The Balaban J connectivity index is 2.39. The molecule has 1 aliphatic rings. The van der Waals surface area contributed by atoms with Crippen molar-refractivity contribution in [2.24, 2.45) is 0 Å². The second-order valence-electron chi connectivity index (χ2n) is 4.66. The maximum absolute atomic E-state index is 13.1. The lowest BCUT2D eigenvalue weighted by Gasteiger charge is -2.25. The number of carbonyl (C=O) groups excluding carboxylic acids is 2. The smallest absolute Gasteiger partial charge is 0.261 e. The summed E-state index contributed by atoms with van der Waals surface area (Å²) in [7, 11) is 0. The van der Waals surface area contributed by atoms with Crippen LogP contribution in [0.25, 0.3) is 0 Å². The van der Waals surface area contributed by atoms with Gasteiger partial charge < -0.3 is 10.2 Å². The van der Waals surface area contributed by atoms with E-state index in [0.29, 0.717) is 17.0 Å². The monoisotopic (exact) mass is 271 g/mol. The molecular formula is C12H11F2NO4. The molecule has 5 nitrogen and oxygen atoms in total. The van der Waals surface area contributed by atoms with Crippen LogP contribution < -0.4 is 0 Å². The molecule has 0 spiro atoms. The summed E-state index contributed by atoms with van der Waals surface area (Å²) in [5, 5.41) is 18.6. The normalized spacial score (nSPS) is 17.6. The van der Waals surface area contributed by atoms with Crippen molar-refractivity contribution >= 4 is 11.8 Å². The van der Waals surface area contributed by atoms with Crippen molar-refractivity contribution in [3.63, 3.8) is 0 Å². The van der Waals surface area contributed by atoms with E-state index in [9.17, 15) is 23.5 Å². The van der Waals surface area contributed by atoms with Crippen LogP contribution in [0.2, 0.25) is 0 Å². The van der Waals surface area contributed by atoms with E-state index in [1.54, 1.807) is 0 Å². The third-order valence-corrected chi connectivity index (χ3v) is 2.85. The van der Waals surface area contributed by atoms with E-state index < -0.39 is 42.2 Å². The molecule has 1 atom stereocenters. The van der Waals surface area contributed by atoms with Crippen LogP contribution >= 0.6 is 0 Å². The summed E-state index contributed by atoms with van der Waals surface area (Å²) in [5.74, 6) is -4.11. The molecule has 1 heterocycles. The van der Waals surface area contributed by atoms with Crippen molar-refractivity contribution in [3.8, 4) is 0 Å². The number of aliphatic hydroxyl groups excluding tert-OH is 1. The minimum absolute atomic E-state index is 0.252. The molecule has 0 bridgehead atoms. The van der Waals surface area contributed by atoms with Crippen LogP contribution in [0.5, 0.6) is 0 Å². The van der Waals surface area contributed by atoms with Gasteiger partial charge in [0.1, 0.15) is 5.60 Å². The van der Waals surface area contributed by atoms with E-state index in [1.807, 2.05) is 0 Å². The number of imide groups is 1. The van der Waals surface area contributed by atoms with Crippen LogP contribution in [0.15, 0.2) is 12.1 Å². The summed E-state index contributed by atoms with van der Waals surface area (Å²) in [6.07, 6.45) is 0. The third-order valence-electron chi connectivity index (χ3n) is 2.85. The number of fused-ring (bicyclic) bond motifs is 1. The van der Waals surface area contributed by atoms with Crippen molar-refractivity contribution in [2.75, 3.05) is 13.2 Å². The summed E-state index contributed by atoms with van der Waals surface area (Å²) >= 11 is 0. The van der Waals surface area contributed by atoms with Crippen LogP contribution in [0.3, 0.4) is 0 Å². The quantitative estimate of drug-likeness (QED) is 0.775. The molecule has 1 unspecified atom stereocenters. The molecule has 1 aromatic rings. The predicted molar refractivity (Wildman–Crippen MR) is 59.4 cm³/mol. The van der Waals surface area contributed by atoms with Gasteiger partial charge in [0, 0.05) is 0 Å². The van der Waals surface area contributed by atoms with Crippen molar-refractivity contribution in [1.82, 2.24) is 4.90 Å². The Morgan fingerprint density at radius 3 is 1.95 bits per heavy atom. The number of hydrogen-bond donors (Lipinski definition) is 2. The van der Waals surface area contributed by atoms with Crippen LogP contribution in [-0.4, -0.2) is 45.7 Å². The van der Waals surface area contributed by atoms with Gasteiger partial charge in [-0.25, -0.2) is 8.78 Å². The minimum Gasteiger partial charge on any atom is -0.393 e. The van der Waals surface area contributed by atoms with Crippen molar-refractivity contribution in [3.05, 3.63) is 34.9 Å². The fourth-order valence-corrected chi connectivity index (χ4v) is 1.82. The number of β-amino-alcohol motifs (C(OH)–C–C–N with tert-alkyl or cyclic N) is 1. The van der Waals surface area contributed by atoms with Crippen LogP contribution in [0.1, 0.15) is 27.6 Å². The van der Waals surface area contributed by atoms with Gasteiger partial charge in [-0.1, -0.05) is 0 Å². The lowest BCUT2D eigenvalue weighted by atomic mass is 10.1. The molecule has 2 N–H and O–H groups in total. The van der Waals surface area contributed by atoms with Crippen molar-refractivity contribution < 1.29 is 28.6 Å². The summed E-state index contributed by atoms with van der Waals surface area (Å²) in [5.41, 5.74) is -2.18. The van der Waals surface area contributed by atoms with E-state index >= 15 is 0 Å². The van der Waals surface area contributed by atoms with Crippen molar-refractivity contribution in [1.29, 1.82) is 0 Å². The Morgan fingerprint density at radius 1 is 1.16 bits per heavy atom. The number of hydrogen-bond acceptors (Lipinski definition) is 4. The highest BCUT2D eigenvalue weighted by atomic mass is 19.2. The second-order valence-corrected chi connectivity index (χ2v) is 4.66. The maximum atomic E-state index is 13.1. The van der Waals surface area contributed by atoms with E-state index in [0.717, 1.165) is 0 Å². The Labute approximate surface area is 107 Å². The molecular weight excluding hydrogens is 260 g/mol. The molecule has 0 fully saturated rings. The van der Waals surface area contributed by atoms with Gasteiger partial charge in [-0.15, -0.1) is 0 Å². The Morgan fingerprint density at radius 2 is 1.58 bits per heavy atom. The van der Waals surface area contributed by atoms with Gasteiger partial charge in [0.05, 0.1) is 24.3 Å². The Hall–Kier alpha value is -1.86. The van der Waals surface area contributed by atoms with Crippen LogP contribution in [0.4, 0.5) is 8.78 Å². The fraction of sp³-hybridized carbons (Fsp3) is 0.333. The topological polar surface area (TPSA) is 77.8 Å². The molecule has 19 heavy (non-hydrogen) atoms. The average molecular weight is 271 g/mol. The Bertz CT molecular complexity index is 530. The van der Waals surface area contributed by atoms with Gasteiger partial charge in [0.15, 0.2) is 11.6 Å². The molecule has 2 rings (SSSR count). The maximum Gasteiger partial charge on any atom is 0.261 e. The number of rotatable bonds is 3. The minimum atomic E-state index is -1.68. The van der Waals surface area contributed by atoms with E-state index in [1.165, 1.54) is 6.92 Å². The highest BCUT2D eigenvalue weighted by Crippen LogP contribution is 2.26. The largest absolute Gasteiger partial charge is 0.393 e. The number of nitrogens with zero attached hydrogens (tertiary/aromatic N) is 1. The zero-order valence-electron chi connectivity index (χ0n) is 9.98. The zero-order chi connectivity index (χ0) is 14.4. The highest BCUT2D eigenvalue weighted by molar-refractivity contribution is 6.21. The zero-order valence-corrected chi connectivity index (χ0v) is 9.98. The molecule has 102 valence electrons. The molecule has 0 saturated heterocycles. The standard InChI is InChI=1S/C12H11F2NO4/c1-12(19,5-16)4-15-10(17)6-2-8(13)9(14)3-7(6)11(15)18/h2-3,16,19H,4-5H2,1H3. The van der Waals surface area contributed by atoms with E-state index in [4.69, 9.17) is 5.11 Å². The molecule has 2 amide bonds. The predicted octanol–water partition coefficient (Wildman–Crippen LogP) is 0.304. The number of amides is 2. The number of carbonyl (C=O) groups is 2. The van der Waals surface area contributed by atoms with Gasteiger partial charge in [0.2, 0.25) is 0 Å². The van der Waals surface area contributed by atoms with Gasteiger partial charge in [-0.05, 0) is 19.1 Å². The van der Waals surface area contributed by atoms with Crippen LogP contribution in [-0.2, 0) is 0 Å². The second kappa shape index (κ2) is 4.36. The number of halogens is 2. The molecule has 7 heteroatoms. The lowest BCUT2D eigenvalue weighted by Crippen LogP contribution is -2.45. The first kappa shape index (κ1) is 13.6. The molecule has 1 aliphatic heterocycles. The summed E-state index contributed by atoms with van der Waals surface area (Å²) < 4.78 is 26.1. The summed E-state index contributed by atoms with van der Waals surface area (Å²) in [6, 6.07) is 1.30. The molecule has 0 radical (unpaired) electrons. The summed E-state index contributed by atoms with van der Waals surface area (Å²) in [4.78, 5) is 24.4. The molecule has 0 aromatic heterocycles. The Kier molecular flexibility index (Phi) is 3.11. The average Bonchev–Trinajstić information content (AvgIpc) is 2.56. The fourth-order valence-electron chi connectivity index (χ4n) is 1.82. The van der Waals surface area contributed by atoms with Gasteiger partial charge in [-0.3, -0.25) is 14.5 Å². The van der Waals surface area contributed by atoms with Crippen LogP contribution in [0, 0.1) is 11.6 Å². The number of aliphatic hydroxyl groups is 2. The molecule has 1 aromatic carbocycles. The first-order valence-corrected chi connectivity index (χ1v) is 5.45. The third kappa shape index (κ3) is 2.22. The van der Waals surface area contributed by atoms with Crippen molar-refractivity contribution in [2.45, 2.75) is 12.5 Å². The first-order valence-electron chi connectivity index (χ1n) is 5.45. The lowest BCUT2D eigenvalue weighted by molar-refractivity contribution is -0.0175. The van der Waals surface area contributed by atoms with E-state index in [-0.39, 0.29) is 11.1 Å². The highest BCUT2D eigenvalue weighted by Gasteiger charge is 2.40. The SMILES string of the molecule is CC(O)(CO)CN1C(=O)c2cc(F)c(F)cc2C1=O. The first-order chi connectivity index (χ1) is 8.76. The van der Waals surface area contributed by atoms with Gasteiger partial charge in [-0.2, -0.15) is 0 Å². The molecule has 0 saturated carbocycles. The summed E-state index contributed by atoms with van der Waals surface area (Å²) in [6.45, 7) is 0.111. The van der Waals surface area contributed by atoms with Gasteiger partial charge in [0.25, 0.3) is 11.8 Å². The van der Waals surface area contributed by atoms with E-state index in [2.05, 4.69) is 0 Å².